The molecule has 2 aliphatic heterocycles. The summed E-state index contributed by atoms with van der Waals surface area (Å²) < 4.78 is 17.0. The summed E-state index contributed by atoms with van der Waals surface area (Å²) in [5, 5.41) is 4.08. The maximum Gasteiger partial charge on any atom is 0.292 e. The van der Waals surface area contributed by atoms with Crippen molar-refractivity contribution in [2.75, 3.05) is 19.8 Å². The molecule has 0 spiro atoms. The molecule has 1 amide bonds. The molecule has 2 aromatic carbocycles. The minimum Gasteiger partial charge on any atom is -0.486 e. The van der Waals surface area contributed by atoms with Gasteiger partial charge >= 0.3 is 0 Å². The van der Waals surface area contributed by atoms with Gasteiger partial charge in [0.2, 0.25) is 5.76 Å². The normalized spacial score (nSPS) is 18.3. The lowest BCUT2D eigenvalue weighted by atomic mass is 10.0. The number of rotatable bonds is 3. The molecular formula is C22H20N2O4. The van der Waals surface area contributed by atoms with Gasteiger partial charge in [0, 0.05) is 23.7 Å². The lowest BCUT2D eigenvalue weighted by molar-refractivity contribution is 0.0689. The monoisotopic (exact) mass is 376 g/mol. The summed E-state index contributed by atoms with van der Waals surface area (Å²) in [6, 6.07) is 17.2. The summed E-state index contributed by atoms with van der Waals surface area (Å²) in [4.78, 5) is 15.0. The average Bonchev–Trinajstić information content (AvgIpc) is 3.43. The Balaban J connectivity index is 1.43. The molecule has 2 aliphatic rings. The van der Waals surface area contributed by atoms with Gasteiger partial charge in [-0.15, -0.1) is 0 Å². The fourth-order valence-electron chi connectivity index (χ4n) is 3.95. The van der Waals surface area contributed by atoms with E-state index in [0.29, 0.717) is 25.5 Å². The second kappa shape index (κ2) is 7.03. The summed E-state index contributed by atoms with van der Waals surface area (Å²) in [6.45, 7) is 1.74. The molecule has 1 atom stereocenters. The molecule has 5 rings (SSSR count). The quantitative estimate of drug-likeness (QED) is 0.689. The largest absolute Gasteiger partial charge is 0.486 e. The summed E-state index contributed by atoms with van der Waals surface area (Å²) in [7, 11) is 0. The van der Waals surface area contributed by atoms with Gasteiger partial charge in [0.15, 0.2) is 11.5 Å². The van der Waals surface area contributed by atoms with Crippen molar-refractivity contribution in [1.29, 1.82) is 0 Å². The highest BCUT2D eigenvalue weighted by Crippen LogP contribution is 2.43. The number of nitrogens with zero attached hydrogens (tertiary/aromatic N) is 2. The van der Waals surface area contributed by atoms with Gasteiger partial charge in [-0.05, 0) is 18.9 Å². The molecule has 0 radical (unpaired) electrons. The second-order valence-corrected chi connectivity index (χ2v) is 6.97. The van der Waals surface area contributed by atoms with Gasteiger partial charge in [0.25, 0.3) is 5.91 Å². The Morgan fingerprint density at radius 1 is 1.04 bits per heavy atom. The van der Waals surface area contributed by atoms with E-state index in [0.717, 1.165) is 35.5 Å². The zero-order chi connectivity index (χ0) is 18.9. The van der Waals surface area contributed by atoms with E-state index in [1.807, 2.05) is 53.4 Å². The molecular weight excluding hydrogens is 356 g/mol. The first-order valence-electron chi connectivity index (χ1n) is 9.53. The molecule has 1 fully saturated rings. The molecule has 3 heterocycles. The van der Waals surface area contributed by atoms with Crippen molar-refractivity contribution >= 4 is 5.91 Å². The predicted octanol–water partition coefficient (Wildman–Crippen LogP) is 4.09. The number of hydrogen-bond acceptors (Lipinski definition) is 5. The Labute approximate surface area is 162 Å². The smallest absolute Gasteiger partial charge is 0.292 e. The maximum atomic E-state index is 13.2. The third-order valence-corrected chi connectivity index (χ3v) is 5.26. The van der Waals surface area contributed by atoms with Gasteiger partial charge in [-0.3, -0.25) is 4.79 Å². The summed E-state index contributed by atoms with van der Waals surface area (Å²) in [6.07, 6.45) is 1.81. The summed E-state index contributed by atoms with van der Waals surface area (Å²) in [5.74, 6) is 1.61. The minimum absolute atomic E-state index is 0.0607. The number of aromatic nitrogens is 1. The number of amides is 1. The van der Waals surface area contributed by atoms with E-state index in [9.17, 15) is 4.79 Å². The van der Waals surface area contributed by atoms with Crippen LogP contribution >= 0.6 is 0 Å². The van der Waals surface area contributed by atoms with Crippen molar-refractivity contribution in [2.45, 2.75) is 18.9 Å². The molecule has 28 heavy (non-hydrogen) atoms. The Morgan fingerprint density at radius 2 is 1.89 bits per heavy atom. The molecule has 0 saturated carbocycles. The van der Waals surface area contributed by atoms with Crippen LogP contribution in [0.5, 0.6) is 11.5 Å². The molecule has 0 bridgehead atoms. The van der Waals surface area contributed by atoms with Crippen molar-refractivity contribution in [1.82, 2.24) is 10.1 Å². The van der Waals surface area contributed by atoms with E-state index in [1.165, 1.54) is 0 Å². The first-order valence-corrected chi connectivity index (χ1v) is 9.53. The lowest BCUT2D eigenvalue weighted by Gasteiger charge is -2.28. The van der Waals surface area contributed by atoms with Crippen LogP contribution in [0.4, 0.5) is 0 Å². The molecule has 142 valence electrons. The molecule has 3 aromatic rings. The molecule has 0 aliphatic carbocycles. The van der Waals surface area contributed by atoms with Gasteiger partial charge in [0.05, 0.1) is 6.04 Å². The molecule has 1 saturated heterocycles. The molecule has 6 nitrogen and oxygen atoms in total. The van der Waals surface area contributed by atoms with Crippen LogP contribution in [0.25, 0.3) is 11.3 Å². The Morgan fingerprint density at radius 3 is 2.79 bits per heavy atom. The number of ether oxygens (including phenoxy) is 2. The molecule has 6 heteroatoms. The van der Waals surface area contributed by atoms with E-state index in [1.54, 1.807) is 6.07 Å². The van der Waals surface area contributed by atoms with Gasteiger partial charge in [0.1, 0.15) is 18.9 Å². The number of para-hydroxylation sites is 1. The third kappa shape index (κ3) is 2.91. The molecule has 0 N–H and O–H groups in total. The first kappa shape index (κ1) is 16.9. The van der Waals surface area contributed by atoms with Crippen molar-refractivity contribution in [3.8, 4) is 22.8 Å². The SMILES string of the molecule is O=C(c1cc(-c2ccccc2)no1)N1CCCC1c1cccc2c1OCCO2. The number of hydrogen-bond donors (Lipinski definition) is 0. The predicted molar refractivity (Wildman–Crippen MR) is 102 cm³/mol. The van der Waals surface area contributed by atoms with Crippen LogP contribution in [-0.4, -0.2) is 35.7 Å². The highest BCUT2D eigenvalue weighted by molar-refractivity contribution is 5.93. The minimum atomic E-state index is -0.147. The van der Waals surface area contributed by atoms with Gasteiger partial charge in [-0.2, -0.15) is 0 Å². The highest BCUT2D eigenvalue weighted by Gasteiger charge is 2.35. The number of carbonyl (C=O) groups excluding carboxylic acids is 1. The summed E-state index contributed by atoms with van der Waals surface area (Å²) >= 11 is 0. The van der Waals surface area contributed by atoms with Crippen molar-refractivity contribution in [3.05, 3.63) is 65.9 Å². The van der Waals surface area contributed by atoms with Crippen LogP contribution in [-0.2, 0) is 0 Å². The van der Waals surface area contributed by atoms with Gasteiger partial charge < -0.3 is 18.9 Å². The lowest BCUT2D eigenvalue weighted by Crippen LogP contribution is -2.31. The second-order valence-electron chi connectivity index (χ2n) is 6.97. The number of fused-ring (bicyclic) bond motifs is 1. The molecule has 1 unspecified atom stereocenters. The highest BCUT2D eigenvalue weighted by atomic mass is 16.6. The van der Waals surface area contributed by atoms with E-state index in [-0.39, 0.29) is 17.7 Å². The molecule has 1 aromatic heterocycles. The van der Waals surface area contributed by atoms with Crippen LogP contribution in [0.3, 0.4) is 0 Å². The Hall–Kier alpha value is -3.28. The average molecular weight is 376 g/mol. The number of likely N-dealkylation sites (tertiary alicyclic amines) is 1. The van der Waals surface area contributed by atoms with Gasteiger partial charge in [-0.1, -0.05) is 47.6 Å². The Bertz CT molecular complexity index is 999. The van der Waals surface area contributed by atoms with Crippen molar-refractivity contribution < 1.29 is 18.8 Å². The van der Waals surface area contributed by atoms with Crippen LogP contribution in [0.15, 0.2) is 59.1 Å². The standard InChI is InChI=1S/C22H20N2O4/c25-22(20-14-17(23-28-20)15-6-2-1-3-7-15)24-11-5-9-18(24)16-8-4-10-19-21(16)27-13-12-26-19/h1-4,6-8,10,14,18H,5,9,11-13H2. The zero-order valence-corrected chi connectivity index (χ0v) is 15.3. The number of benzene rings is 2. The van der Waals surface area contributed by atoms with E-state index < -0.39 is 0 Å². The summed E-state index contributed by atoms with van der Waals surface area (Å²) in [5.41, 5.74) is 2.57. The maximum absolute atomic E-state index is 13.2. The van der Waals surface area contributed by atoms with E-state index in [4.69, 9.17) is 14.0 Å². The number of carbonyl (C=O) groups is 1. The van der Waals surface area contributed by atoms with Gasteiger partial charge in [-0.25, -0.2) is 0 Å². The van der Waals surface area contributed by atoms with Crippen LogP contribution in [0, 0.1) is 0 Å². The third-order valence-electron chi connectivity index (χ3n) is 5.26. The van der Waals surface area contributed by atoms with Crippen LogP contribution < -0.4 is 9.47 Å². The zero-order valence-electron chi connectivity index (χ0n) is 15.3. The fourth-order valence-corrected chi connectivity index (χ4v) is 3.95. The van der Waals surface area contributed by atoms with Crippen molar-refractivity contribution in [2.24, 2.45) is 0 Å². The topological polar surface area (TPSA) is 64.8 Å². The van der Waals surface area contributed by atoms with Crippen LogP contribution in [0.1, 0.15) is 35.0 Å². The fraction of sp³-hybridized carbons (Fsp3) is 0.273. The van der Waals surface area contributed by atoms with Crippen molar-refractivity contribution in [3.63, 3.8) is 0 Å². The Kier molecular flexibility index (Phi) is 4.24. The van der Waals surface area contributed by atoms with E-state index >= 15 is 0 Å². The van der Waals surface area contributed by atoms with E-state index in [2.05, 4.69) is 5.16 Å². The van der Waals surface area contributed by atoms with Crippen LogP contribution in [0.2, 0.25) is 0 Å². The first-order chi connectivity index (χ1) is 13.8.